The Morgan fingerprint density at radius 1 is 1.20 bits per heavy atom. The molecule has 1 atom stereocenters. The van der Waals surface area contributed by atoms with Crippen molar-refractivity contribution in [3.8, 4) is 28.4 Å². The molecule has 0 amide bonds. The Morgan fingerprint density at radius 3 is 2.66 bits per heavy atom. The average Bonchev–Trinajstić information content (AvgIpc) is 3.48. The van der Waals surface area contributed by atoms with E-state index in [2.05, 4.69) is 15.8 Å². The number of rotatable bonds is 10. The van der Waals surface area contributed by atoms with E-state index in [-0.39, 0.29) is 6.61 Å². The SMILES string of the molecule is CNC[C@@H](O)COc1ccc(Cl)c(-c2nc(NCC3CCCC3)c(C)c(-c3c(C)noc3C)n2)c1. The van der Waals surface area contributed by atoms with Gasteiger partial charge in [-0.25, -0.2) is 9.97 Å². The van der Waals surface area contributed by atoms with Crippen LogP contribution in [0.3, 0.4) is 0 Å². The van der Waals surface area contributed by atoms with Crippen molar-refractivity contribution in [2.45, 2.75) is 52.6 Å². The highest BCUT2D eigenvalue weighted by Gasteiger charge is 2.22. The molecule has 0 unspecified atom stereocenters. The van der Waals surface area contributed by atoms with Crippen molar-refractivity contribution >= 4 is 17.4 Å². The number of hydrogen-bond donors (Lipinski definition) is 3. The maximum Gasteiger partial charge on any atom is 0.163 e. The molecule has 3 aromatic rings. The van der Waals surface area contributed by atoms with Gasteiger partial charge < -0.3 is 25.0 Å². The Morgan fingerprint density at radius 2 is 1.97 bits per heavy atom. The van der Waals surface area contributed by atoms with Crippen LogP contribution < -0.4 is 15.4 Å². The molecule has 1 fully saturated rings. The van der Waals surface area contributed by atoms with Crippen LogP contribution in [0.1, 0.15) is 42.7 Å². The van der Waals surface area contributed by atoms with Gasteiger partial charge in [-0.3, -0.25) is 0 Å². The number of aromatic nitrogens is 3. The Hall–Kier alpha value is -2.68. The first-order chi connectivity index (χ1) is 16.9. The molecule has 1 aliphatic rings. The molecule has 1 saturated carbocycles. The summed E-state index contributed by atoms with van der Waals surface area (Å²) in [5.74, 6) is 3.22. The minimum Gasteiger partial charge on any atom is -0.491 e. The van der Waals surface area contributed by atoms with Crippen LogP contribution in [0.4, 0.5) is 5.82 Å². The van der Waals surface area contributed by atoms with Gasteiger partial charge >= 0.3 is 0 Å². The van der Waals surface area contributed by atoms with Gasteiger partial charge in [0.25, 0.3) is 0 Å². The van der Waals surface area contributed by atoms with E-state index in [0.29, 0.717) is 40.4 Å². The van der Waals surface area contributed by atoms with E-state index >= 15 is 0 Å². The molecule has 4 rings (SSSR count). The van der Waals surface area contributed by atoms with E-state index < -0.39 is 6.10 Å². The third-order valence-corrected chi connectivity index (χ3v) is 6.84. The lowest BCUT2D eigenvalue weighted by atomic mass is 10.0. The third kappa shape index (κ3) is 5.94. The van der Waals surface area contributed by atoms with Gasteiger partial charge in [-0.2, -0.15) is 0 Å². The van der Waals surface area contributed by atoms with E-state index in [9.17, 15) is 5.11 Å². The highest BCUT2D eigenvalue weighted by atomic mass is 35.5. The summed E-state index contributed by atoms with van der Waals surface area (Å²) in [5, 5.41) is 21.2. The first kappa shape index (κ1) is 25.4. The number of hydrogen-bond acceptors (Lipinski definition) is 8. The number of nitrogens with one attached hydrogen (secondary N) is 2. The second kappa shape index (κ2) is 11.4. The first-order valence-electron chi connectivity index (χ1n) is 12.2. The minimum absolute atomic E-state index is 0.162. The number of anilines is 1. The van der Waals surface area contributed by atoms with E-state index in [0.717, 1.165) is 34.9 Å². The van der Waals surface area contributed by atoms with Gasteiger partial charge in [-0.1, -0.05) is 29.6 Å². The van der Waals surface area contributed by atoms with E-state index in [1.807, 2.05) is 26.8 Å². The number of likely N-dealkylation sites (N-methyl/N-ethyl adjacent to an activating group) is 1. The normalized spacial score (nSPS) is 14.9. The molecular weight excluding hydrogens is 466 g/mol. The molecule has 0 radical (unpaired) electrons. The molecule has 2 aromatic heterocycles. The van der Waals surface area contributed by atoms with Crippen molar-refractivity contribution in [1.29, 1.82) is 0 Å². The predicted octanol–water partition coefficient (Wildman–Crippen LogP) is 4.94. The predicted molar refractivity (Wildman–Crippen MR) is 138 cm³/mol. The molecular formula is C26H34ClN5O3. The Kier molecular flexibility index (Phi) is 8.26. The lowest BCUT2D eigenvalue weighted by Crippen LogP contribution is -2.29. The van der Waals surface area contributed by atoms with Crippen LogP contribution in [-0.4, -0.2) is 53.1 Å². The highest BCUT2D eigenvalue weighted by Crippen LogP contribution is 2.36. The van der Waals surface area contributed by atoms with Crippen LogP contribution in [0.25, 0.3) is 22.6 Å². The Labute approximate surface area is 211 Å². The molecule has 0 bridgehead atoms. The summed E-state index contributed by atoms with van der Waals surface area (Å²) < 4.78 is 11.2. The zero-order valence-electron chi connectivity index (χ0n) is 20.8. The van der Waals surface area contributed by atoms with Crippen molar-refractivity contribution in [2.75, 3.05) is 32.1 Å². The van der Waals surface area contributed by atoms with Crippen molar-refractivity contribution in [1.82, 2.24) is 20.4 Å². The average molecular weight is 500 g/mol. The largest absolute Gasteiger partial charge is 0.491 e. The van der Waals surface area contributed by atoms with Crippen LogP contribution in [0.15, 0.2) is 22.7 Å². The van der Waals surface area contributed by atoms with Gasteiger partial charge in [-0.05, 0) is 64.8 Å². The topological polar surface area (TPSA) is 105 Å². The van der Waals surface area contributed by atoms with E-state index in [4.69, 9.17) is 30.8 Å². The van der Waals surface area contributed by atoms with Gasteiger partial charge in [0.15, 0.2) is 5.82 Å². The smallest absolute Gasteiger partial charge is 0.163 e. The first-order valence-corrected chi connectivity index (χ1v) is 12.6. The fourth-order valence-corrected chi connectivity index (χ4v) is 4.78. The lowest BCUT2D eigenvalue weighted by molar-refractivity contribution is 0.108. The number of aliphatic hydroxyl groups excluding tert-OH is 1. The molecule has 1 aromatic carbocycles. The zero-order chi connectivity index (χ0) is 24.9. The minimum atomic E-state index is -0.618. The summed E-state index contributed by atoms with van der Waals surface area (Å²) in [6, 6.07) is 5.36. The molecule has 8 nitrogen and oxygen atoms in total. The Bertz CT molecular complexity index is 1140. The maximum atomic E-state index is 10.00. The second-order valence-electron chi connectivity index (χ2n) is 9.26. The Balaban J connectivity index is 1.72. The highest BCUT2D eigenvalue weighted by molar-refractivity contribution is 6.33. The monoisotopic (exact) mass is 499 g/mol. The molecule has 0 aliphatic heterocycles. The van der Waals surface area contributed by atoms with Gasteiger partial charge in [0.05, 0.1) is 22.0 Å². The van der Waals surface area contributed by atoms with Crippen molar-refractivity contribution in [3.63, 3.8) is 0 Å². The van der Waals surface area contributed by atoms with Crippen LogP contribution in [0.2, 0.25) is 5.02 Å². The van der Waals surface area contributed by atoms with Crippen LogP contribution in [-0.2, 0) is 0 Å². The molecule has 3 N–H and O–H groups in total. The van der Waals surface area contributed by atoms with Crippen molar-refractivity contribution in [2.24, 2.45) is 5.92 Å². The number of ether oxygens (including phenoxy) is 1. The number of halogens is 1. The van der Waals surface area contributed by atoms with Gasteiger partial charge in [0, 0.05) is 24.2 Å². The fourth-order valence-electron chi connectivity index (χ4n) is 4.58. The summed E-state index contributed by atoms with van der Waals surface area (Å²) >= 11 is 6.61. The maximum absolute atomic E-state index is 10.00. The number of aryl methyl sites for hydroxylation is 2. The van der Waals surface area contributed by atoms with Crippen molar-refractivity contribution in [3.05, 3.63) is 40.2 Å². The number of aliphatic hydroxyl groups is 1. The summed E-state index contributed by atoms with van der Waals surface area (Å²) in [7, 11) is 1.78. The molecule has 0 spiro atoms. The van der Waals surface area contributed by atoms with Crippen LogP contribution in [0.5, 0.6) is 5.75 Å². The molecule has 188 valence electrons. The molecule has 9 heteroatoms. The summed E-state index contributed by atoms with van der Waals surface area (Å²) in [6.07, 6.45) is 4.44. The summed E-state index contributed by atoms with van der Waals surface area (Å²) in [5.41, 5.74) is 4.02. The van der Waals surface area contributed by atoms with Crippen molar-refractivity contribution < 1.29 is 14.4 Å². The zero-order valence-corrected chi connectivity index (χ0v) is 21.6. The number of benzene rings is 1. The number of nitrogens with zero attached hydrogens (tertiary/aromatic N) is 3. The molecule has 2 heterocycles. The third-order valence-electron chi connectivity index (χ3n) is 6.51. The quantitative estimate of drug-likeness (QED) is 0.360. The van der Waals surface area contributed by atoms with Gasteiger partial charge in [0.1, 0.15) is 30.0 Å². The van der Waals surface area contributed by atoms with Crippen LogP contribution >= 0.6 is 11.6 Å². The standard InChI is InChI=1S/C26H34ClN5O3/c1-15-24(23-16(2)32-35-17(23)3)30-26(31-25(15)29-12-18-7-5-6-8-18)21-11-20(9-10-22(21)27)34-14-19(33)13-28-4/h9-11,18-19,28,33H,5-8,12-14H2,1-4H3,(H,29,30,31)/t19-/m1/s1. The summed E-state index contributed by atoms with van der Waals surface area (Å²) in [4.78, 5) is 9.81. The molecule has 0 saturated heterocycles. The molecule has 1 aliphatic carbocycles. The molecule has 35 heavy (non-hydrogen) atoms. The lowest BCUT2D eigenvalue weighted by Gasteiger charge is -2.17. The van der Waals surface area contributed by atoms with Gasteiger partial charge in [-0.15, -0.1) is 0 Å². The summed E-state index contributed by atoms with van der Waals surface area (Å²) in [6.45, 7) is 7.30. The fraction of sp³-hybridized carbons (Fsp3) is 0.500. The van der Waals surface area contributed by atoms with E-state index in [1.54, 1.807) is 19.2 Å². The van der Waals surface area contributed by atoms with E-state index in [1.165, 1.54) is 25.7 Å². The van der Waals surface area contributed by atoms with Gasteiger partial charge in [0.2, 0.25) is 0 Å². The second-order valence-corrected chi connectivity index (χ2v) is 9.67. The van der Waals surface area contributed by atoms with Crippen LogP contribution in [0, 0.1) is 26.7 Å².